The van der Waals surface area contributed by atoms with Crippen molar-refractivity contribution in [2.75, 3.05) is 44.7 Å². The Kier molecular flexibility index (Phi) is 3.89. The van der Waals surface area contributed by atoms with Crippen LogP contribution in [0.2, 0.25) is 0 Å². The molecule has 1 aromatic rings. The lowest BCUT2D eigenvalue weighted by Gasteiger charge is -2.33. The number of nitrogens with one attached hydrogen (secondary N) is 1. The molecule has 0 unspecified atom stereocenters. The third-order valence-corrected chi connectivity index (χ3v) is 4.29. The fourth-order valence-corrected chi connectivity index (χ4v) is 2.98. The van der Waals surface area contributed by atoms with Gasteiger partial charge in [-0.1, -0.05) is 13.8 Å². The lowest BCUT2D eigenvalue weighted by atomic mass is 9.99. The molecule has 0 radical (unpaired) electrons. The molecule has 0 saturated carbocycles. The Bertz CT molecular complexity index is 477. The predicted octanol–water partition coefficient (Wildman–Crippen LogP) is 0.997. The molecule has 110 valence electrons. The summed E-state index contributed by atoms with van der Waals surface area (Å²) in [4.78, 5) is 14.5. The maximum Gasteiger partial charge on any atom is 0.225 e. The molecule has 2 aliphatic rings. The first-order valence-corrected chi connectivity index (χ1v) is 7.69. The summed E-state index contributed by atoms with van der Waals surface area (Å²) >= 11 is 0. The first-order valence-electron chi connectivity index (χ1n) is 7.69. The highest BCUT2D eigenvalue weighted by atomic mass is 15.3. The van der Waals surface area contributed by atoms with Gasteiger partial charge >= 0.3 is 0 Å². The van der Waals surface area contributed by atoms with E-state index in [2.05, 4.69) is 36.0 Å². The number of likely N-dealkylation sites (N-methyl/N-ethyl adjacent to an activating group) is 1. The Labute approximate surface area is 121 Å². The fourth-order valence-electron chi connectivity index (χ4n) is 2.98. The van der Waals surface area contributed by atoms with Gasteiger partial charge in [0.1, 0.15) is 0 Å². The minimum Gasteiger partial charge on any atom is -0.338 e. The molecule has 0 aromatic carbocycles. The molecule has 1 saturated heterocycles. The molecule has 3 rings (SSSR count). The summed E-state index contributed by atoms with van der Waals surface area (Å²) in [5, 5.41) is 3.44. The molecule has 0 aliphatic carbocycles. The predicted molar refractivity (Wildman–Crippen MR) is 81.2 cm³/mol. The molecule has 0 spiro atoms. The number of fused-ring (bicyclic) bond motifs is 1. The first-order chi connectivity index (χ1) is 9.65. The first kappa shape index (κ1) is 13.8. The SMILES string of the molecule is CC(C)c1nc(N2CCN(C)CC2)nc2c1CNCC2. The quantitative estimate of drug-likeness (QED) is 0.872. The molecule has 5 nitrogen and oxygen atoms in total. The zero-order valence-corrected chi connectivity index (χ0v) is 12.8. The zero-order chi connectivity index (χ0) is 14.1. The molecule has 0 bridgehead atoms. The van der Waals surface area contributed by atoms with Crippen molar-refractivity contribution in [3.63, 3.8) is 0 Å². The van der Waals surface area contributed by atoms with E-state index >= 15 is 0 Å². The van der Waals surface area contributed by atoms with E-state index in [4.69, 9.17) is 9.97 Å². The Balaban J connectivity index is 1.93. The van der Waals surface area contributed by atoms with Gasteiger partial charge in [-0.2, -0.15) is 0 Å². The molecule has 20 heavy (non-hydrogen) atoms. The van der Waals surface area contributed by atoms with E-state index in [9.17, 15) is 0 Å². The molecule has 0 atom stereocenters. The van der Waals surface area contributed by atoms with Crippen LogP contribution in [0, 0.1) is 0 Å². The van der Waals surface area contributed by atoms with Gasteiger partial charge in [0.05, 0.1) is 11.4 Å². The highest BCUT2D eigenvalue weighted by Crippen LogP contribution is 2.25. The summed E-state index contributed by atoms with van der Waals surface area (Å²) in [6.07, 6.45) is 1.03. The number of aromatic nitrogens is 2. The molecule has 1 aromatic heterocycles. The molecule has 3 heterocycles. The highest BCUT2D eigenvalue weighted by molar-refractivity contribution is 5.40. The van der Waals surface area contributed by atoms with Crippen LogP contribution in [-0.2, 0) is 13.0 Å². The lowest BCUT2D eigenvalue weighted by molar-refractivity contribution is 0.311. The average molecular weight is 275 g/mol. The van der Waals surface area contributed by atoms with Gasteiger partial charge in [0.2, 0.25) is 5.95 Å². The zero-order valence-electron chi connectivity index (χ0n) is 12.8. The van der Waals surface area contributed by atoms with Crippen LogP contribution in [0.4, 0.5) is 5.95 Å². The van der Waals surface area contributed by atoms with Gasteiger partial charge < -0.3 is 15.1 Å². The number of piperazine rings is 1. The van der Waals surface area contributed by atoms with Crippen molar-refractivity contribution in [1.29, 1.82) is 0 Å². The van der Waals surface area contributed by atoms with Crippen molar-refractivity contribution in [2.45, 2.75) is 32.7 Å². The Morgan fingerprint density at radius 2 is 1.85 bits per heavy atom. The van der Waals surface area contributed by atoms with Crippen LogP contribution in [0.25, 0.3) is 0 Å². The van der Waals surface area contributed by atoms with Gasteiger partial charge in [-0.25, -0.2) is 9.97 Å². The van der Waals surface area contributed by atoms with E-state index in [-0.39, 0.29) is 0 Å². The van der Waals surface area contributed by atoms with E-state index in [0.29, 0.717) is 5.92 Å². The van der Waals surface area contributed by atoms with Crippen LogP contribution in [0.1, 0.15) is 36.7 Å². The second-order valence-corrected chi connectivity index (χ2v) is 6.21. The maximum atomic E-state index is 4.89. The minimum absolute atomic E-state index is 0.456. The molecule has 5 heteroatoms. The summed E-state index contributed by atoms with van der Waals surface area (Å²) in [5.41, 5.74) is 3.83. The van der Waals surface area contributed by atoms with Crippen LogP contribution >= 0.6 is 0 Å². The Hall–Kier alpha value is -1.20. The number of rotatable bonds is 2. The van der Waals surface area contributed by atoms with E-state index in [1.54, 1.807) is 0 Å². The molecule has 1 fully saturated rings. The average Bonchev–Trinajstić information content (AvgIpc) is 2.46. The van der Waals surface area contributed by atoms with Gasteiger partial charge in [0.15, 0.2) is 0 Å². The third-order valence-electron chi connectivity index (χ3n) is 4.29. The summed E-state index contributed by atoms with van der Waals surface area (Å²) < 4.78 is 0. The molecule has 2 aliphatic heterocycles. The van der Waals surface area contributed by atoms with Crippen molar-refractivity contribution in [3.8, 4) is 0 Å². The van der Waals surface area contributed by atoms with Gasteiger partial charge in [-0.05, 0) is 13.0 Å². The summed E-state index contributed by atoms with van der Waals surface area (Å²) in [5.74, 6) is 1.40. The van der Waals surface area contributed by atoms with Crippen molar-refractivity contribution in [1.82, 2.24) is 20.2 Å². The number of anilines is 1. The van der Waals surface area contributed by atoms with Gasteiger partial charge in [-0.15, -0.1) is 0 Å². The fraction of sp³-hybridized carbons (Fsp3) is 0.733. The second kappa shape index (κ2) is 5.66. The van der Waals surface area contributed by atoms with E-state index in [1.165, 1.54) is 17.0 Å². The largest absolute Gasteiger partial charge is 0.338 e. The van der Waals surface area contributed by atoms with Crippen LogP contribution in [0.5, 0.6) is 0 Å². The van der Waals surface area contributed by atoms with Crippen LogP contribution < -0.4 is 10.2 Å². The molecular weight excluding hydrogens is 250 g/mol. The smallest absolute Gasteiger partial charge is 0.225 e. The standard InChI is InChI=1S/C15H25N5/c1-11(2)14-12-10-16-5-4-13(12)17-15(18-14)20-8-6-19(3)7-9-20/h11,16H,4-10H2,1-3H3. The second-order valence-electron chi connectivity index (χ2n) is 6.21. The maximum absolute atomic E-state index is 4.89. The van der Waals surface area contributed by atoms with Crippen molar-refractivity contribution >= 4 is 5.95 Å². The number of hydrogen-bond donors (Lipinski definition) is 1. The van der Waals surface area contributed by atoms with E-state index in [0.717, 1.165) is 51.6 Å². The van der Waals surface area contributed by atoms with Crippen LogP contribution in [0.15, 0.2) is 0 Å². The lowest BCUT2D eigenvalue weighted by Crippen LogP contribution is -2.45. The monoisotopic (exact) mass is 275 g/mol. The summed E-state index contributed by atoms with van der Waals surface area (Å²) in [6, 6.07) is 0. The number of nitrogens with zero attached hydrogens (tertiary/aromatic N) is 4. The highest BCUT2D eigenvalue weighted by Gasteiger charge is 2.23. The van der Waals surface area contributed by atoms with Crippen LogP contribution in [-0.4, -0.2) is 54.6 Å². The molecular formula is C15H25N5. The third kappa shape index (κ3) is 2.65. The van der Waals surface area contributed by atoms with Crippen LogP contribution in [0.3, 0.4) is 0 Å². The van der Waals surface area contributed by atoms with Crippen molar-refractivity contribution < 1.29 is 0 Å². The van der Waals surface area contributed by atoms with Crippen molar-refractivity contribution in [2.24, 2.45) is 0 Å². The summed E-state index contributed by atoms with van der Waals surface area (Å²) in [7, 11) is 2.18. The summed E-state index contributed by atoms with van der Waals surface area (Å²) in [6.45, 7) is 10.7. The van der Waals surface area contributed by atoms with E-state index in [1.807, 2.05) is 0 Å². The number of hydrogen-bond acceptors (Lipinski definition) is 5. The van der Waals surface area contributed by atoms with Gasteiger partial charge in [-0.3, -0.25) is 0 Å². The Morgan fingerprint density at radius 3 is 2.55 bits per heavy atom. The molecule has 0 amide bonds. The van der Waals surface area contributed by atoms with Gasteiger partial charge in [0.25, 0.3) is 0 Å². The molecule has 1 N–H and O–H groups in total. The normalized spacial score (nSPS) is 20.3. The topological polar surface area (TPSA) is 44.3 Å². The van der Waals surface area contributed by atoms with Crippen molar-refractivity contribution in [3.05, 3.63) is 17.0 Å². The Morgan fingerprint density at radius 1 is 1.10 bits per heavy atom. The van der Waals surface area contributed by atoms with E-state index < -0.39 is 0 Å². The minimum atomic E-state index is 0.456. The van der Waals surface area contributed by atoms with Gasteiger partial charge in [0, 0.05) is 51.3 Å².